The van der Waals surface area contributed by atoms with Gasteiger partial charge < -0.3 is 9.84 Å². The van der Waals surface area contributed by atoms with Gasteiger partial charge in [0.15, 0.2) is 0 Å². The quantitative estimate of drug-likeness (QED) is 0.383. The molecular formula is C12H22O3. The fourth-order valence-corrected chi connectivity index (χ4v) is 1.16. The topological polar surface area (TPSA) is 46.5 Å². The van der Waals surface area contributed by atoms with Gasteiger partial charge in [0, 0.05) is 0 Å². The van der Waals surface area contributed by atoms with Gasteiger partial charge in [0.2, 0.25) is 0 Å². The van der Waals surface area contributed by atoms with Crippen molar-refractivity contribution in [1.82, 2.24) is 0 Å². The van der Waals surface area contributed by atoms with Crippen molar-refractivity contribution in [3.05, 3.63) is 12.2 Å². The lowest BCUT2D eigenvalue weighted by atomic mass is 10.1. The average molecular weight is 214 g/mol. The molecule has 0 aromatic heterocycles. The number of carbonyl (C=O) groups excluding carboxylic acids is 1. The van der Waals surface area contributed by atoms with Crippen LogP contribution in [-0.4, -0.2) is 24.3 Å². The third kappa shape index (κ3) is 8.18. The third-order valence-corrected chi connectivity index (χ3v) is 2.14. The summed E-state index contributed by atoms with van der Waals surface area (Å²) in [5, 5.41) is 8.61. The Morgan fingerprint density at radius 2 is 2.00 bits per heavy atom. The van der Waals surface area contributed by atoms with Crippen molar-refractivity contribution in [3.8, 4) is 0 Å². The summed E-state index contributed by atoms with van der Waals surface area (Å²) < 4.78 is 4.90. The van der Waals surface area contributed by atoms with E-state index in [-0.39, 0.29) is 12.2 Å². The number of hydrogen-bond acceptors (Lipinski definition) is 3. The Morgan fingerprint density at radius 1 is 1.33 bits per heavy atom. The predicted octanol–water partition coefficient (Wildman–Crippen LogP) is 2.29. The maximum Gasteiger partial charge on any atom is 0.335 e. The van der Waals surface area contributed by atoms with Gasteiger partial charge in [-0.05, 0) is 12.3 Å². The summed E-state index contributed by atoms with van der Waals surface area (Å²) in [6, 6.07) is 0. The van der Waals surface area contributed by atoms with Crippen LogP contribution < -0.4 is 0 Å². The summed E-state index contributed by atoms with van der Waals surface area (Å²) in [6.07, 6.45) is 4.36. The van der Waals surface area contributed by atoms with E-state index in [1.165, 1.54) is 12.8 Å². The van der Waals surface area contributed by atoms with Crippen LogP contribution in [0, 0.1) is 5.92 Å². The Morgan fingerprint density at radius 3 is 2.53 bits per heavy atom. The molecule has 0 saturated heterocycles. The first-order chi connectivity index (χ1) is 7.07. The minimum absolute atomic E-state index is 0.122. The van der Waals surface area contributed by atoms with Crippen molar-refractivity contribution >= 4 is 5.97 Å². The molecule has 0 bridgehead atoms. The van der Waals surface area contributed by atoms with Gasteiger partial charge in [0.05, 0.1) is 18.8 Å². The Labute approximate surface area is 92.1 Å². The molecule has 0 aliphatic rings. The van der Waals surface area contributed by atoms with E-state index in [1.54, 1.807) is 0 Å². The number of ether oxygens (including phenoxy) is 1. The van der Waals surface area contributed by atoms with Crippen molar-refractivity contribution in [2.45, 2.75) is 39.5 Å². The standard InChI is InChI=1S/C12H22O3/c1-10(2)7-5-4-6-8-15-12(14)11(3)9-13/h10,13H,3-9H2,1-2H3. The summed E-state index contributed by atoms with van der Waals surface area (Å²) in [6.45, 7) is 7.89. The Hall–Kier alpha value is -0.830. The highest BCUT2D eigenvalue weighted by atomic mass is 16.5. The third-order valence-electron chi connectivity index (χ3n) is 2.14. The summed E-state index contributed by atoms with van der Waals surface area (Å²) in [5.41, 5.74) is 0.122. The van der Waals surface area contributed by atoms with Crippen LogP contribution >= 0.6 is 0 Å². The molecule has 0 aliphatic carbocycles. The van der Waals surface area contributed by atoms with Gasteiger partial charge in [-0.25, -0.2) is 4.79 Å². The molecular weight excluding hydrogens is 192 g/mol. The molecule has 0 radical (unpaired) electrons. The van der Waals surface area contributed by atoms with E-state index in [1.807, 2.05) is 0 Å². The van der Waals surface area contributed by atoms with Gasteiger partial charge in [0.1, 0.15) is 0 Å². The molecule has 0 aromatic rings. The van der Waals surface area contributed by atoms with Crippen molar-refractivity contribution in [2.75, 3.05) is 13.2 Å². The SMILES string of the molecule is C=C(CO)C(=O)OCCCCCC(C)C. The van der Waals surface area contributed by atoms with Gasteiger partial charge in [-0.3, -0.25) is 0 Å². The summed E-state index contributed by atoms with van der Waals surface area (Å²) in [5.74, 6) is 0.253. The zero-order valence-electron chi connectivity index (χ0n) is 9.79. The van der Waals surface area contributed by atoms with Crippen molar-refractivity contribution in [1.29, 1.82) is 0 Å². The molecule has 0 heterocycles. The predicted molar refractivity (Wildman–Crippen MR) is 60.5 cm³/mol. The van der Waals surface area contributed by atoms with E-state index < -0.39 is 5.97 Å². The molecule has 0 spiro atoms. The highest BCUT2D eigenvalue weighted by molar-refractivity contribution is 5.87. The van der Waals surface area contributed by atoms with Crippen LogP contribution in [0.4, 0.5) is 0 Å². The molecule has 3 heteroatoms. The minimum Gasteiger partial charge on any atom is -0.462 e. The molecule has 0 aliphatic heterocycles. The smallest absolute Gasteiger partial charge is 0.335 e. The Balaban J connectivity index is 3.31. The first kappa shape index (κ1) is 14.2. The number of rotatable bonds is 8. The molecule has 0 saturated carbocycles. The van der Waals surface area contributed by atoms with Crippen LogP contribution in [0.15, 0.2) is 12.2 Å². The molecule has 0 unspecified atom stereocenters. The lowest BCUT2D eigenvalue weighted by Crippen LogP contribution is -2.10. The van der Waals surface area contributed by atoms with E-state index in [0.29, 0.717) is 6.61 Å². The van der Waals surface area contributed by atoms with Crippen molar-refractivity contribution in [2.24, 2.45) is 5.92 Å². The van der Waals surface area contributed by atoms with Crippen molar-refractivity contribution in [3.63, 3.8) is 0 Å². The largest absolute Gasteiger partial charge is 0.462 e. The number of aliphatic hydroxyl groups excluding tert-OH is 1. The van der Waals surface area contributed by atoms with Crippen LogP contribution in [-0.2, 0) is 9.53 Å². The van der Waals surface area contributed by atoms with Crippen LogP contribution in [0.5, 0.6) is 0 Å². The summed E-state index contributed by atoms with van der Waals surface area (Å²) in [4.78, 5) is 11.0. The minimum atomic E-state index is -0.485. The fourth-order valence-electron chi connectivity index (χ4n) is 1.16. The second-order valence-electron chi connectivity index (χ2n) is 4.14. The average Bonchev–Trinajstić information content (AvgIpc) is 2.21. The zero-order chi connectivity index (χ0) is 11.7. The number of esters is 1. The van der Waals surface area contributed by atoms with Crippen molar-refractivity contribution < 1.29 is 14.6 Å². The van der Waals surface area contributed by atoms with Gasteiger partial charge in [-0.1, -0.05) is 39.7 Å². The molecule has 0 fully saturated rings. The number of aliphatic hydroxyl groups is 1. The summed E-state index contributed by atoms with van der Waals surface area (Å²) in [7, 11) is 0. The summed E-state index contributed by atoms with van der Waals surface area (Å²) >= 11 is 0. The first-order valence-electron chi connectivity index (χ1n) is 5.53. The van der Waals surface area contributed by atoms with E-state index in [2.05, 4.69) is 20.4 Å². The van der Waals surface area contributed by atoms with E-state index in [4.69, 9.17) is 9.84 Å². The molecule has 0 rings (SSSR count). The second kappa shape index (κ2) is 8.48. The number of unbranched alkanes of at least 4 members (excludes halogenated alkanes) is 2. The van der Waals surface area contributed by atoms with Crippen LogP contribution in [0.25, 0.3) is 0 Å². The molecule has 88 valence electrons. The van der Waals surface area contributed by atoms with Crippen LogP contribution in [0.3, 0.4) is 0 Å². The highest BCUT2D eigenvalue weighted by Gasteiger charge is 2.05. The molecule has 0 aromatic carbocycles. The monoisotopic (exact) mass is 214 g/mol. The maximum atomic E-state index is 11.0. The lowest BCUT2D eigenvalue weighted by Gasteiger charge is -2.06. The Kier molecular flexibility index (Phi) is 8.01. The number of carbonyl (C=O) groups is 1. The van der Waals surface area contributed by atoms with Crippen LogP contribution in [0.2, 0.25) is 0 Å². The maximum absolute atomic E-state index is 11.0. The van der Waals surface area contributed by atoms with E-state index in [9.17, 15) is 4.79 Å². The lowest BCUT2D eigenvalue weighted by molar-refractivity contribution is -0.139. The molecule has 3 nitrogen and oxygen atoms in total. The molecule has 0 amide bonds. The van der Waals surface area contributed by atoms with E-state index >= 15 is 0 Å². The van der Waals surface area contributed by atoms with Gasteiger partial charge in [-0.15, -0.1) is 0 Å². The Bertz CT molecular complexity index is 197. The fraction of sp³-hybridized carbons (Fsp3) is 0.750. The van der Waals surface area contributed by atoms with Crippen LogP contribution in [0.1, 0.15) is 39.5 Å². The van der Waals surface area contributed by atoms with Gasteiger partial charge in [-0.2, -0.15) is 0 Å². The highest BCUT2D eigenvalue weighted by Crippen LogP contribution is 2.08. The first-order valence-corrected chi connectivity index (χ1v) is 5.53. The molecule has 15 heavy (non-hydrogen) atoms. The zero-order valence-corrected chi connectivity index (χ0v) is 9.79. The van der Waals surface area contributed by atoms with E-state index in [0.717, 1.165) is 18.8 Å². The number of hydrogen-bond donors (Lipinski definition) is 1. The van der Waals surface area contributed by atoms with Gasteiger partial charge >= 0.3 is 5.97 Å². The molecule has 1 N–H and O–H groups in total. The molecule has 0 atom stereocenters. The van der Waals surface area contributed by atoms with Gasteiger partial charge in [0.25, 0.3) is 0 Å². The second-order valence-corrected chi connectivity index (χ2v) is 4.14. The normalized spacial score (nSPS) is 10.4.